The van der Waals surface area contributed by atoms with Gasteiger partial charge in [0.25, 0.3) is 0 Å². The van der Waals surface area contributed by atoms with Crippen molar-refractivity contribution < 1.29 is 5.11 Å². The van der Waals surface area contributed by atoms with E-state index >= 15 is 0 Å². The maximum absolute atomic E-state index is 10.0. The molecule has 0 spiro atoms. The lowest BCUT2D eigenvalue weighted by atomic mass is 9.55. The van der Waals surface area contributed by atoms with Gasteiger partial charge in [-0.1, -0.05) is 56.3 Å². The molecule has 1 aliphatic rings. The Morgan fingerprint density at radius 3 is 2.56 bits per heavy atom. The summed E-state index contributed by atoms with van der Waals surface area (Å²) in [4.78, 5) is 0. The molecule has 3 unspecified atom stereocenters. The second-order valence-corrected chi connectivity index (χ2v) is 5.77. The maximum atomic E-state index is 10.0. The van der Waals surface area contributed by atoms with Crippen molar-refractivity contribution >= 4 is 10.8 Å². The van der Waals surface area contributed by atoms with Gasteiger partial charge in [0, 0.05) is 5.41 Å². The molecule has 0 saturated heterocycles. The third kappa shape index (κ3) is 1.58. The molecule has 0 radical (unpaired) electrons. The fourth-order valence-electron chi connectivity index (χ4n) is 3.26. The maximum Gasteiger partial charge on any atom is 0.0605 e. The zero-order chi connectivity index (χ0) is 12.8. The highest BCUT2D eigenvalue weighted by molar-refractivity contribution is 5.83. The quantitative estimate of drug-likeness (QED) is 0.837. The molecule has 1 nitrogen and oxygen atoms in total. The van der Waals surface area contributed by atoms with E-state index in [9.17, 15) is 5.11 Å². The fourth-order valence-corrected chi connectivity index (χ4v) is 3.26. The topological polar surface area (TPSA) is 20.2 Å². The highest BCUT2D eigenvalue weighted by Gasteiger charge is 2.49. The minimum Gasteiger partial charge on any atom is -0.393 e. The number of hydrogen-bond donors (Lipinski definition) is 1. The summed E-state index contributed by atoms with van der Waals surface area (Å²) in [5.41, 5.74) is 1.44. The van der Waals surface area contributed by atoms with Gasteiger partial charge in [0.15, 0.2) is 0 Å². The molecule has 0 aliphatic heterocycles. The SMILES string of the molecule is CCC1(C)C(O)CC1c1ccc2ccccc2c1. The van der Waals surface area contributed by atoms with E-state index in [0.29, 0.717) is 5.92 Å². The van der Waals surface area contributed by atoms with Crippen LogP contribution in [-0.4, -0.2) is 11.2 Å². The Morgan fingerprint density at radius 2 is 1.89 bits per heavy atom. The number of rotatable bonds is 2. The lowest BCUT2D eigenvalue weighted by molar-refractivity contribution is -0.0777. The molecular weight excluding hydrogens is 220 g/mol. The Labute approximate surface area is 108 Å². The third-order valence-corrected chi connectivity index (χ3v) is 4.95. The summed E-state index contributed by atoms with van der Waals surface area (Å²) in [7, 11) is 0. The Kier molecular flexibility index (Phi) is 2.67. The van der Waals surface area contributed by atoms with Gasteiger partial charge in [-0.2, -0.15) is 0 Å². The van der Waals surface area contributed by atoms with Crippen molar-refractivity contribution in [1.29, 1.82) is 0 Å². The van der Waals surface area contributed by atoms with Crippen LogP contribution >= 0.6 is 0 Å². The number of hydrogen-bond acceptors (Lipinski definition) is 1. The van der Waals surface area contributed by atoms with Crippen molar-refractivity contribution in [1.82, 2.24) is 0 Å². The highest BCUT2D eigenvalue weighted by atomic mass is 16.3. The van der Waals surface area contributed by atoms with Crippen LogP contribution < -0.4 is 0 Å². The van der Waals surface area contributed by atoms with Crippen LogP contribution in [0.5, 0.6) is 0 Å². The first kappa shape index (κ1) is 11.7. The average molecular weight is 240 g/mol. The van der Waals surface area contributed by atoms with E-state index in [-0.39, 0.29) is 11.5 Å². The summed E-state index contributed by atoms with van der Waals surface area (Å²) >= 11 is 0. The van der Waals surface area contributed by atoms with Crippen molar-refractivity contribution in [2.75, 3.05) is 0 Å². The van der Waals surface area contributed by atoms with Crippen molar-refractivity contribution in [2.24, 2.45) is 5.41 Å². The normalized spacial score (nSPS) is 31.3. The molecular formula is C17H20O. The molecule has 2 aromatic carbocycles. The molecule has 1 heteroatoms. The van der Waals surface area contributed by atoms with Crippen molar-refractivity contribution in [3.05, 3.63) is 48.0 Å². The summed E-state index contributed by atoms with van der Waals surface area (Å²) in [5, 5.41) is 12.6. The average Bonchev–Trinajstić information content (AvgIpc) is 2.43. The van der Waals surface area contributed by atoms with Gasteiger partial charge in [-0.25, -0.2) is 0 Å². The summed E-state index contributed by atoms with van der Waals surface area (Å²) in [6, 6.07) is 15.2. The lowest BCUT2D eigenvalue weighted by Crippen LogP contribution is -2.49. The molecule has 1 aliphatic carbocycles. The number of aliphatic hydroxyl groups is 1. The van der Waals surface area contributed by atoms with Crippen molar-refractivity contribution in [2.45, 2.75) is 38.7 Å². The van der Waals surface area contributed by atoms with Crippen LogP contribution in [0.3, 0.4) is 0 Å². The summed E-state index contributed by atoms with van der Waals surface area (Å²) in [5.74, 6) is 0.502. The molecule has 0 heterocycles. The molecule has 94 valence electrons. The number of aliphatic hydroxyl groups excluding tert-OH is 1. The molecule has 18 heavy (non-hydrogen) atoms. The number of benzene rings is 2. The van der Waals surface area contributed by atoms with E-state index < -0.39 is 0 Å². The predicted molar refractivity (Wildman–Crippen MR) is 75.7 cm³/mol. The molecule has 1 fully saturated rings. The zero-order valence-corrected chi connectivity index (χ0v) is 11.1. The van der Waals surface area contributed by atoms with Crippen LogP contribution in [-0.2, 0) is 0 Å². The minimum absolute atomic E-state index is 0.0580. The monoisotopic (exact) mass is 240 g/mol. The lowest BCUT2D eigenvalue weighted by Gasteiger charge is -2.51. The van der Waals surface area contributed by atoms with Gasteiger partial charge >= 0.3 is 0 Å². The predicted octanol–water partition coefficient (Wildman–Crippen LogP) is 4.10. The van der Waals surface area contributed by atoms with E-state index in [2.05, 4.69) is 56.3 Å². The van der Waals surface area contributed by atoms with Crippen LogP contribution in [0, 0.1) is 5.41 Å². The molecule has 3 atom stereocenters. The Balaban J connectivity index is 2.00. The fraction of sp³-hybridized carbons (Fsp3) is 0.412. The smallest absolute Gasteiger partial charge is 0.0605 e. The Hall–Kier alpha value is -1.34. The van der Waals surface area contributed by atoms with E-state index in [4.69, 9.17) is 0 Å². The van der Waals surface area contributed by atoms with Gasteiger partial charge in [0.1, 0.15) is 0 Å². The van der Waals surface area contributed by atoms with Crippen molar-refractivity contribution in [3.8, 4) is 0 Å². The first-order valence-electron chi connectivity index (χ1n) is 6.82. The molecule has 0 bridgehead atoms. The summed E-state index contributed by atoms with van der Waals surface area (Å²) in [6.45, 7) is 4.39. The van der Waals surface area contributed by atoms with Gasteiger partial charge in [-0.3, -0.25) is 0 Å². The van der Waals surface area contributed by atoms with Crippen LogP contribution in [0.2, 0.25) is 0 Å². The molecule has 2 aromatic rings. The van der Waals surface area contributed by atoms with E-state index in [1.54, 1.807) is 0 Å². The second-order valence-electron chi connectivity index (χ2n) is 5.77. The second kappa shape index (κ2) is 4.10. The van der Waals surface area contributed by atoms with Gasteiger partial charge in [-0.05, 0) is 35.1 Å². The van der Waals surface area contributed by atoms with Gasteiger partial charge in [0.2, 0.25) is 0 Å². The standard InChI is InChI=1S/C17H20O/c1-3-17(2)15(11-16(17)18)14-9-8-12-6-4-5-7-13(12)10-14/h4-10,15-16,18H,3,11H2,1-2H3. The Bertz CT molecular complexity index is 575. The van der Waals surface area contributed by atoms with Crippen LogP contribution in [0.15, 0.2) is 42.5 Å². The highest BCUT2D eigenvalue weighted by Crippen LogP contribution is 2.55. The molecule has 1 saturated carbocycles. The summed E-state index contributed by atoms with van der Waals surface area (Å²) < 4.78 is 0. The molecule has 0 aromatic heterocycles. The van der Waals surface area contributed by atoms with Gasteiger partial charge < -0.3 is 5.11 Å². The van der Waals surface area contributed by atoms with E-state index in [1.165, 1.54) is 16.3 Å². The molecule has 3 rings (SSSR count). The van der Waals surface area contributed by atoms with Crippen molar-refractivity contribution in [3.63, 3.8) is 0 Å². The van der Waals surface area contributed by atoms with Gasteiger partial charge in [0.05, 0.1) is 6.10 Å². The van der Waals surface area contributed by atoms with Gasteiger partial charge in [-0.15, -0.1) is 0 Å². The van der Waals surface area contributed by atoms with Crippen LogP contribution in [0.25, 0.3) is 10.8 Å². The number of fused-ring (bicyclic) bond motifs is 1. The first-order valence-corrected chi connectivity index (χ1v) is 6.82. The van der Waals surface area contributed by atoms with Crippen LogP contribution in [0.1, 0.15) is 38.2 Å². The zero-order valence-electron chi connectivity index (χ0n) is 11.1. The third-order valence-electron chi connectivity index (χ3n) is 4.95. The Morgan fingerprint density at radius 1 is 1.17 bits per heavy atom. The van der Waals surface area contributed by atoms with Crippen LogP contribution in [0.4, 0.5) is 0 Å². The molecule has 1 N–H and O–H groups in total. The first-order chi connectivity index (χ1) is 8.65. The minimum atomic E-state index is -0.140. The summed E-state index contributed by atoms with van der Waals surface area (Å²) in [6.07, 6.45) is 1.80. The molecule has 0 amide bonds. The van der Waals surface area contributed by atoms with E-state index in [0.717, 1.165) is 12.8 Å². The largest absolute Gasteiger partial charge is 0.393 e. The van der Waals surface area contributed by atoms with E-state index in [1.807, 2.05) is 0 Å².